The fourth-order valence-corrected chi connectivity index (χ4v) is 1.75. The minimum atomic E-state index is 0.546. The average molecular weight is 267 g/mol. The van der Waals surface area contributed by atoms with E-state index < -0.39 is 0 Å². The number of ether oxygens (including phenoxy) is 1. The first kappa shape index (κ1) is 13.1. The molecule has 0 unspecified atom stereocenters. The summed E-state index contributed by atoms with van der Waals surface area (Å²) in [7, 11) is 1.67. The number of nitrogens with zero attached hydrogens (tertiary/aromatic N) is 1. The summed E-state index contributed by atoms with van der Waals surface area (Å²) in [5, 5.41) is 3.84. The van der Waals surface area contributed by atoms with Crippen molar-refractivity contribution in [3.63, 3.8) is 0 Å². The third-order valence-electron chi connectivity index (χ3n) is 2.45. The van der Waals surface area contributed by atoms with E-state index in [1.54, 1.807) is 13.4 Å². The van der Waals surface area contributed by atoms with Gasteiger partial charge in [0.15, 0.2) is 0 Å². The van der Waals surface area contributed by atoms with Gasteiger partial charge < -0.3 is 14.5 Å². The quantitative estimate of drug-likeness (QED) is 0.817. The number of methoxy groups -OCH3 is 1. The zero-order valence-electron chi connectivity index (χ0n) is 10.1. The molecule has 0 atom stereocenters. The number of rotatable bonds is 6. The second-order valence-corrected chi connectivity index (χ2v) is 4.20. The standard InChI is InChI=1S/C13H15ClN2O2/c1-17-7-6-15-8-10-9-18-13(16-10)11-4-2-3-5-12(11)14/h2-5,9,15H,6-8H2,1H3. The minimum absolute atomic E-state index is 0.546. The van der Waals surface area contributed by atoms with Gasteiger partial charge in [0, 0.05) is 20.2 Å². The number of oxazole rings is 1. The molecule has 0 aliphatic heterocycles. The van der Waals surface area contributed by atoms with E-state index in [2.05, 4.69) is 10.3 Å². The lowest BCUT2D eigenvalue weighted by molar-refractivity contribution is 0.199. The second kappa shape index (κ2) is 6.54. The molecule has 1 aromatic heterocycles. The molecule has 5 heteroatoms. The highest BCUT2D eigenvalue weighted by Crippen LogP contribution is 2.26. The molecular formula is C13H15ClN2O2. The van der Waals surface area contributed by atoms with Gasteiger partial charge in [0.05, 0.1) is 22.9 Å². The maximum atomic E-state index is 6.08. The first-order valence-corrected chi connectivity index (χ1v) is 6.08. The molecule has 0 aliphatic rings. The van der Waals surface area contributed by atoms with Gasteiger partial charge in [-0.05, 0) is 12.1 Å². The maximum absolute atomic E-state index is 6.08. The van der Waals surface area contributed by atoms with Gasteiger partial charge >= 0.3 is 0 Å². The number of benzene rings is 1. The van der Waals surface area contributed by atoms with Crippen molar-refractivity contribution >= 4 is 11.6 Å². The van der Waals surface area contributed by atoms with Crippen LogP contribution in [0.3, 0.4) is 0 Å². The molecule has 1 aromatic carbocycles. The van der Waals surface area contributed by atoms with E-state index in [1.165, 1.54) is 0 Å². The van der Waals surface area contributed by atoms with Crippen molar-refractivity contribution in [1.29, 1.82) is 0 Å². The van der Waals surface area contributed by atoms with E-state index >= 15 is 0 Å². The number of aromatic nitrogens is 1. The Bertz CT molecular complexity index is 499. The zero-order chi connectivity index (χ0) is 12.8. The molecule has 2 aromatic rings. The fraction of sp³-hybridized carbons (Fsp3) is 0.308. The summed E-state index contributed by atoms with van der Waals surface area (Å²) >= 11 is 6.08. The molecule has 0 saturated carbocycles. The van der Waals surface area contributed by atoms with E-state index in [-0.39, 0.29) is 0 Å². The van der Waals surface area contributed by atoms with Crippen LogP contribution in [0.25, 0.3) is 11.5 Å². The second-order valence-electron chi connectivity index (χ2n) is 3.79. The Hall–Kier alpha value is -1.36. The van der Waals surface area contributed by atoms with Crippen LogP contribution in [0, 0.1) is 0 Å². The summed E-state index contributed by atoms with van der Waals surface area (Å²) < 4.78 is 10.4. The van der Waals surface area contributed by atoms with E-state index in [9.17, 15) is 0 Å². The summed E-state index contributed by atoms with van der Waals surface area (Å²) in [6.07, 6.45) is 1.64. The Morgan fingerprint density at radius 3 is 3.00 bits per heavy atom. The lowest BCUT2D eigenvalue weighted by Gasteiger charge is -2.00. The molecule has 0 bridgehead atoms. The lowest BCUT2D eigenvalue weighted by atomic mass is 10.2. The summed E-state index contributed by atoms with van der Waals surface area (Å²) in [4.78, 5) is 4.38. The van der Waals surface area contributed by atoms with Crippen LogP contribution in [0.5, 0.6) is 0 Å². The molecular weight excluding hydrogens is 252 g/mol. The van der Waals surface area contributed by atoms with Crippen molar-refractivity contribution in [2.75, 3.05) is 20.3 Å². The van der Waals surface area contributed by atoms with Gasteiger partial charge in [0.2, 0.25) is 5.89 Å². The first-order chi connectivity index (χ1) is 8.81. The van der Waals surface area contributed by atoms with Crippen molar-refractivity contribution in [1.82, 2.24) is 10.3 Å². The Morgan fingerprint density at radius 1 is 1.39 bits per heavy atom. The smallest absolute Gasteiger partial charge is 0.227 e. The predicted molar refractivity (Wildman–Crippen MR) is 70.5 cm³/mol. The molecule has 96 valence electrons. The third-order valence-corrected chi connectivity index (χ3v) is 2.77. The summed E-state index contributed by atoms with van der Waals surface area (Å²) in [6.45, 7) is 2.11. The highest BCUT2D eigenvalue weighted by atomic mass is 35.5. The van der Waals surface area contributed by atoms with Crippen molar-refractivity contribution in [3.05, 3.63) is 41.2 Å². The van der Waals surface area contributed by atoms with Crippen molar-refractivity contribution < 1.29 is 9.15 Å². The third kappa shape index (κ3) is 3.32. The van der Waals surface area contributed by atoms with Crippen LogP contribution in [-0.2, 0) is 11.3 Å². The van der Waals surface area contributed by atoms with E-state index in [4.69, 9.17) is 20.8 Å². The van der Waals surface area contributed by atoms with Crippen LogP contribution in [0.15, 0.2) is 34.9 Å². The number of hydrogen-bond acceptors (Lipinski definition) is 4. The van der Waals surface area contributed by atoms with Gasteiger partial charge in [-0.1, -0.05) is 23.7 Å². The molecule has 2 rings (SSSR count). The molecule has 0 saturated heterocycles. The highest BCUT2D eigenvalue weighted by Gasteiger charge is 2.09. The van der Waals surface area contributed by atoms with Crippen LogP contribution in [0.2, 0.25) is 5.02 Å². The molecule has 0 aliphatic carbocycles. The normalized spacial score (nSPS) is 10.8. The van der Waals surface area contributed by atoms with Crippen molar-refractivity contribution in [2.24, 2.45) is 0 Å². The van der Waals surface area contributed by atoms with E-state index in [0.717, 1.165) is 17.8 Å². The molecule has 1 heterocycles. The predicted octanol–water partition coefficient (Wildman–Crippen LogP) is 2.73. The summed E-state index contributed by atoms with van der Waals surface area (Å²) in [5.74, 6) is 0.546. The lowest BCUT2D eigenvalue weighted by Crippen LogP contribution is -2.18. The Balaban J connectivity index is 2.00. The number of nitrogens with one attached hydrogen (secondary N) is 1. The van der Waals surface area contributed by atoms with Gasteiger partial charge in [-0.25, -0.2) is 4.98 Å². The molecule has 0 fully saturated rings. The minimum Gasteiger partial charge on any atom is -0.444 e. The van der Waals surface area contributed by atoms with Crippen LogP contribution in [0.1, 0.15) is 5.69 Å². The van der Waals surface area contributed by atoms with Crippen molar-refractivity contribution in [2.45, 2.75) is 6.54 Å². The molecule has 0 spiro atoms. The van der Waals surface area contributed by atoms with Gasteiger partial charge in [-0.15, -0.1) is 0 Å². The summed E-state index contributed by atoms with van der Waals surface area (Å²) in [5.41, 5.74) is 1.66. The van der Waals surface area contributed by atoms with E-state index in [0.29, 0.717) is 24.1 Å². The van der Waals surface area contributed by atoms with Crippen LogP contribution in [-0.4, -0.2) is 25.2 Å². The largest absolute Gasteiger partial charge is 0.444 e. The van der Waals surface area contributed by atoms with Crippen molar-refractivity contribution in [3.8, 4) is 11.5 Å². The topological polar surface area (TPSA) is 47.3 Å². The van der Waals surface area contributed by atoms with Crippen LogP contribution >= 0.6 is 11.6 Å². The zero-order valence-corrected chi connectivity index (χ0v) is 10.9. The molecule has 18 heavy (non-hydrogen) atoms. The molecule has 0 amide bonds. The van der Waals surface area contributed by atoms with Gasteiger partial charge in [-0.3, -0.25) is 0 Å². The molecule has 1 N–H and O–H groups in total. The Kier molecular flexibility index (Phi) is 4.75. The number of halogens is 1. The molecule has 0 radical (unpaired) electrons. The van der Waals surface area contributed by atoms with Gasteiger partial charge in [-0.2, -0.15) is 0 Å². The van der Waals surface area contributed by atoms with Crippen LogP contribution in [0.4, 0.5) is 0 Å². The van der Waals surface area contributed by atoms with E-state index in [1.807, 2.05) is 24.3 Å². The summed E-state index contributed by atoms with van der Waals surface area (Å²) in [6, 6.07) is 7.48. The monoisotopic (exact) mass is 266 g/mol. The van der Waals surface area contributed by atoms with Gasteiger partial charge in [0.1, 0.15) is 6.26 Å². The van der Waals surface area contributed by atoms with Gasteiger partial charge in [0.25, 0.3) is 0 Å². The fourth-order valence-electron chi connectivity index (χ4n) is 1.54. The van der Waals surface area contributed by atoms with Crippen LogP contribution < -0.4 is 5.32 Å². The Labute approximate surface area is 111 Å². The first-order valence-electron chi connectivity index (χ1n) is 5.70. The average Bonchev–Trinajstić information content (AvgIpc) is 2.84. The molecule has 4 nitrogen and oxygen atoms in total. The SMILES string of the molecule is COCCNCc1coc(-c2ccccc2Cl)n1. The number of hydrogen-bond donors (Lipinski definition) is 1. The Morgan fingerprint density at radius 2 is 2.22 bits per heavy atom. The maximum Gasteiger partial charge on any atom is 0.227 e. The highest BCUT2D eigenvalue weighted by molar-refractivity contribution is 6.33.